The second-order valence-corrected chi connectivity index (χ2v) is 8.58. The number of benzene rings is 2. The maximum absolute atomic E-state index is 12.6. The fraction of sp³-hybridized carbons (Fsp3) is 0.261. The van der Waals surface area contributed by atoms with Crippen LogP contribution in [0.25, 0.3) is 16.0 Å². The van der Waals surface area contributed by atoms with Crippen LogP contribution in [0.3, 0.4) is 0 Å². The zero-order chi connectivity index (χ0) is 20.5. The highest BCUT2D eigenvalue weighted by atomic mass is 32.1. The molecule has 3 heterocycles. The first kappa shape index (κ1) is 19.0. The average molecular weight is 419 g/mol. The van der Waals surface area contributed by atoms with Crippen molar-refractivity contribution in [1.82, 2.24) is 19.6 Å². The maximum Gasteiger partial charge on any atom is 0.261 e. The van der Waals surface area contributed by atoms with Gasteiger partial charge in [0, 0.05) is 32.2 Å². The summed E-state index contributed by atoms with van der Waals surface area (Å²) in [6, 6.07) is 17.5. The highest BCUT2D eigenvalue weighted by Gasteiger charge is 2.16. The summed E-state index contributed by atoms with van der Waals surface area (Å²) in [4.78, 5) is 33.0. The normalized spacial score (nSPS) is 14.1. The number of nitrogens with zero attached hydrogens (tertiary/aromatic N) is 3. The van der Waals surface area contributed by atoms with Crippen molar-refractivity contribution in [2.75, 3.05) is 19.6 Å². The number of carbonyl (C=O) groups is 1. The fourth-order valence-electron chi connectivity index (χ4n) is 4.04. The van der Waals surface area contributed by atoms with E-state index >= 15 is 0 Å². The Hall–Kier alpha value is -3.03. The van der Waals surface area contributed by atoms with Gasteiger partial charge in [-0.2, -0.15) is 0 Å². The molecular formula is C23H22N4O2S. The van der Waals surface area contributed by atoms with Crippen molar-refractivity contribution in [2.45, 2.75) is 19.4 Å². The number of rotatable bonds is 5. The molecule has 2 aromatic carbocycles. The molecule has 2 aromatic heterocycles. The molecule has 1 aliphatic rings. The van der Waals surface area contributed by atoms with Gasteiger partial charge in [0.2, 0.25) is 0 Å². The van der Waals surface area contributed by atoms with Crippen LogP contribution < -0.4 is 10.9 Å². The fourth-order valence-corrected chi connectivity index (χ4v) is 4.98. The second-order valence-electron chi connectivity index (χ2n) is 7.57. The number of aromatic nitrogens is 2. The van der Waals surface area contributed by atoms with Crippen LogP contribution in [0.5, 0.6) is 0 Å². The van der Waals surface area contributed by atoms with Crippen LogP contribution in [0.15, 0.2) is 59.4 Å². The number of hydrogen-bond donors (Lipinski definition) is 1. The van der Waals surface area contributed by atoms with Crippen LogP contribution in [0.2, 0.25) is 0 Å². The quantitative estimate of drug-likeness (QED) is 0.506. The minimum atomic E-state index is -0.227. The topological polar surface area (TPSA) is 66.7 Å². The predicted octanol–water partition coefficient (Wildman–Crippen LogP) is 3.09. The highest BCUT2D eigenvalue weighted by Crippen LogP contribution is 2.20. The van der Waals surface area contributed by atoms with Gasteiger partial charge in [-0.15, -0.1) is 0 Å². The van der Waals surface area contributed by atoms with E-state index in [4.69, 9.17) is 0 Å². The van der Waals surface area contributed by atoms with Crippen molar-refractivity contribution >= 4 is 33.2 Å². The van der Waals surface area contributed by atoms with Crippen LogP contribution in [0.1, 0.15) is 27.2 Å². The molecular weight excluding hydrogens is 396 g/mol. The lowest BCUT2D eigenvalue weighted by molar-refractivity contribution is 0.0955. The monoisotopic (exact) mass is 418 g/mol. The van der Waals surface area contributed by atoms with Gasteiger partial charge in [0.05, 0.1) is 11.0 Å². The smallest absolute Gasteiger partial charge is 0.261 e. The summed E-state index contributed by atoms with van der Waals surface area (Å²) < 4.78 is 1.56. The van der Waals surface area contributed by atoms with E-state index in [-0.39, 0.29) is 11.5 Å². The van der Waals surface area contributed by atoms with Gasteiger partial charge in [0.1, 0.15) is 4.88 Å². The van der Waals surface area contributed by atoms with Crippen molar-refractivity contribution in [3.05, 3.63) is 81.0 Å². The van der Waals surface area contributed by atoms with Gasteiger partial charge < -0.3 is 5.32 Å². The third-order valence-corrected chi connectivity index (χ3v) is 6.56. The summed E-state index contributed by atoms with van der Waals surface area (Å²) in [7, 11) is 0. The number of carbonyl (C=O) groups excluding carboxylic acids is 1. The Balaban J connectivity index is 1.20. The van der Waals surface area contributed by atoms with E-state index in [0.29, 0.717) is 16.4 Å². The Morgan fingerprint density at radius 1 is 1.10 bits per heavy atom. The van der Waals surface area contributed by atoms with Gasteiger partial charge in [-0.05, 0) is 36.1 Å². The Morgan fingerprint density at radius 3 is 2.80 bits per heavy atom. The number of nitrogens with one attached hydrogen (secondary N) is 1. The SMILES string of the molecule is O=C(NCCCN1CCc2ccccc2C1)c1cc(=O)n2c(nc3ccccc32)s1. The van der Waals surface area contributed by atoms with E-state index in [1.165, 1.54) is 28.5 Å². The summed E-state index contributed by atoms with van der Waals surface area (Å²) in [5, 5.41) is 2.95. The molecule has 0 saturated heterocycles. The number of fused-ring (bicyclic) bond motifs is 4. The molecule has 0 bridgehead atoms. The first-order valence-corrected chi connectivity index (χ1v) is 11.0. The van der Waals surface area contributed by atoms with Crippen molar-refractivity contribution in [3.8, 4) is 0 Å². The third-order valence-electron chi connectivity index (χ3n) is 5.58. The number of para-hydroxylation sites is 2. The lowest BCUT2D eigenvalue weighted by Crippen LogP contribution is -2.33. The summed E-state index contributed by atoms with van der Waals surface area (Å²) in [5.74, 6) is -0.212. The van der Waals surface area contributed by atoms with Crippen LogP contribution in [-0.4, -0.2) is 39.8 Å². The van der Waals surface area contributed by atoms with Crippen LogP contribution in [-0.2, 0) is 13.0 Å². The van der Waals surface area contributed by atoms with Crippen LogP contribution in [0, 0.1) is 0 Å². The van der Waals surface area contributed by atoms with E-state index in [2.05, 4.69) is 39.5 Å². The van der Waals surface area contributed by atoms with Crippen LogP contribution in [0.4, 0.5) is 0 Å². The lowest BCUT2D eigenvalue weighted by Gasteiger charge is -2.28. The molecule has 0 atom stereocenters. The average Bonchev–Trinajstić information content (AvgIpc) is 3.15. The maximum atomic E-state index is 12.6. The van der Waals surface area contributed by atoms with Gasteiger partial charge >= 0.3 is 0 Å². The molecule has 7 heteroatoms. The largest absolute Gasteiger partial charge is 0.351 e. The molecule has 0 spiro atoms. The molecule has 6 nitrogen and oxygen atoms in total. The molecule has 152 valence electrons. The van der Waals surface area contributed by atoms with E-state index in [1.54, 1.807) is 4.40 Å². The minimum Gasteiger partial charge on any atom is -0.351 e. The Morgan fingerprint density at radius 2 is 1.90 bits per heavy atom. The first-order chi connectivity index (χ1) is 14.7. The first-order valence-electron chi connectivity index (χ1n) is 10.2. The summed E-state index contributed by atoms with van der Waals surface area (Å²) in [6.45, 7) is 3.54. The molecule has 1 N–H and O–H groups in total. The molecule has 1 aliphatic heterocycles. The number of imidazole rings is 1. The zero-order valence-corrected chi connectivity index (χ0v) is 17.3. The Labute approximate surface area is 177 Å². The highest BCUT2D eigenvalue weighted by molar-refractivity contribution is 7.18. The molecule has 0 unspecified atom stereocenters. The summed E-state index contributed by atoms with van der Waals surface area (Å²) in [5.41, 5.74) is 4.14. The number of hydrogen-bond acceptors (Lipinski definition) is 5. The summed E-state index contributed by atoms with van der Waals surface area (Å²) in [6.07, 6.45) is 1.95. The van der Waals surface area contributed by atoms with Crippen molar-refractivity contribution in [2.24, 2.45) is 0 Å². The van der Waals surface area contributed by atoms with Gasteiger partial charge in [-0.3, -0.25) is 18.9 Å². The lowest BCUT2D eigenvalue weighted by atomic mass is 10.00. The Bertz CT molecular complexity index is 1290. The van der Waals surface area contributed by atoms with E-state index < -0.39 is 0 Å². The molecule has 4 aromatic rings. The zero-order valence-electron chi connectivity index (χ0n) is 16.5. The molecule has 0 radical (unpaired) electrons. The number of amides is 1. The minimum absolute atomic E-state index is 0.212. The van der Waals surface area contributed by atoms with Gasteiger partial charge in [-0.1, -0.05) is 47.7 Å². The van der Waals surface area contributed by atoms with Crippen LogP contribution >= 0.6 is 11.3 Å². The molecule has 0 fully saturated rings. The van der Waals surface area contributed by atoms with Crippen molar-refractivity contribution < 1.29 is 4.79 Å². The van der Waals surface area contributed by atoms with Crippen molar-refractivity contribution in [3.63, 3.8) is 0 Å². The van der Waals surface area contributed by atoms with E-state index in [0.717, 1.165) is 43.5 Å². The third kappa shape index (κ3) is 3.62. The molecule has 5 rings (SSSR count). The van der Waals surface area contributed by atoms with E-state index in [1.807, 2.05) is 24.3 Å². The van der Waals surface area contributed by atoms with Gasteiger partial charge in [-0.25, -0.2) is 4.98 Å². The predicted molar refractivity (Wildman–Crippen MR) is 119 cm³/mol. The molecule has 30 heavy (non-hydrogen) atoms. The van der Waals surface area contributed by atoms with Crippen molar-refractivity contribution in [1.29, 1.82) is 0 Å². The van der Waals surface area contributed by atoms with Gasteiger partial charge in [0.15, 0.2) is 4.96 Å². The van der Waals surface area contributed by atoms with Gasteiger partial charge in [0.25, 0.3) is 11.5 Å². The molecule has 1 amide bonds. The molecule has 0 saturated carbocycles. The van der Waals surface area contributed by atoms with E-state index in [9.17, 15) is 9.59 Å². The molecule has 0 aliphatic carbocycles. The Kier molecular flexibility index (Phi) is 5.06. The standard InChI is InChI=1S/C23H22N4O2S/c28-21-14-20(30-23-25-18-8-3-4-9-19(18)27(21)23)22(29)24-11-5-12-26-13-10-16-6-1-2-7-17(16)15-26/h1-4,6-9,14H,5,10-13,15H2,(H,24,29). The second kappa shape index (κ2) is 8.01. The summed E-state index contributed by atoms with van der Waals surface area (Å²) >= 11 is 1.24.